The van der Waals surface area contributed by atoms with E-state index in [1.807, 2.05) is 27.9 Å². The molecule has 6 N–H and O–H groups in total. The van der Waals surface area contributed by atoms with Gasteiger partial charge in [0.2, 0.25) is 29.5 Å². The summed E-state index contributed by atoms with van der Waals surface area (Å²) in [6.07, 6.45) is 6.87. The Bertz CT molecular complexity index is 1320. The van der Waals surface area contributed by atoms with Gasteiger partial charge in [-0.3, -0.25) is 28.5 Å². The van der Waals surface area contributed by atoms with Crippen molar-refractivity contribution in [2.75, 3.05) is 71.4 Å². The lowest BCUT2D eigenvalue weighted by Gasteiger charge is -2.41. The van der Waals surface area contributed by atoms with Crippen molar-refractivity contribution in [3.8, 4) is 0 Å². The maximum atomic E-state index is 14.1. The van der Waals surface area contributed by atoms with Crippen LogP contribution in [0.3, 0.4) is 0 Å². The van der Waals surface area contributed by atoms with E-state index >= 15 is 0 Å². The highest BCUT2D eigenvalue weighted by Crippen LogP contribution is 2.44. The molecule has 14 nitrogen and oxygen atoms in total. The van der Waals surface area contributed by atoms with Crippen LogP contribution in [0.25, 0.3) is 0 Å². The van der Waals surface area contributed by atoms with Crippen molar-refractivity contribution >= 4 is 64.9 Å². The molecule has 0 aliphatic heterocycles. The van der Waals surface area contributed by atoms with Crippen molar-refractivity contribution in [1.29, 1.82) is 0 Å². The van der Waals surface area contributed by atoms with Gasteiger partial charge < -0.3 is 31.1 Å². The first kappa shape index (κ1) is 52.9. The number of carbonyl (C=O) groups is 5. The molecule has 5 amide bonds. The van der Waals surface area contributed by atoms with E-state index in [4.69, 9.17) is 4.55 Å². The highest BCUT2D eigenvalue weighted by atomic mass is 32.2. The van der Waals surface area contributed by atoms with Crippen molar-refractivity contribution in [2.24, 2.45) is 16.2 Å². The first-order valence-electron chi connectivity index (χ1n) is 19.8. The minimum Gasteiger partial charge on any atom is -0.356 e. The van der Waals surface area contributed by atoms with Gasteiger partial charge >= 0.3 is 0 Å². The highest BCUT2D eigenvalue weighted by molar-refractivity contribution is 7.85. The molecule has 322 valence electrons. The van der Waals surface area contributed by atoms with Crippen molar-refractivity contribution in [3.63, 3.8) is 0 Å². The maximum Gasteiger partial charge on any atom is 0.265 e. The van der Waals surface area contributed by atoms with Crippen LogP contribution in [0.2, 0.25) is 0 Å². The minimum absolute atomic E-state index is 0.0197. The number of thiol groups is 2. The van der Waals surface area contributed by atoms with Crippen LogP contribution in [0.4, 0.5) is 0 Å². The van der Waals surface area contributed by atoms with Gasteiger partial charge in [0.1, 0.15) is 0 Å². The second-order valence-corrected chi connectivity index (χ2v) is 19.6. The fourth-order valence-corrected chi connectivity index (χ4v) is 8.11. The molecule has 55 heavy (non-hydrogen) atoms. The van der Waals surface area contributed by atoms with Crippen molar-refractivity contribution in [3.05, 3.63) is 0 Å². The summed E-state index contributed by atoms with van der Waals surface area (Å²) < 4.78 is 31.8. The number of amides is 5. The molecule has 0 saturated heterocycles. The van der Waals surface area contributed by atoms with E-state index in [2.05, 4.69) is 51.8 Å². The molecule has 0 saturated carbocycles. The molecule has 0 spiro atoms. The summed E-state index contributed by atoms with van der Waals surface area (Å²) in [4.78, 5) is 64.8. The van der Waals surface area contributed by atoms with Gasteiger partial charge in [0, 0.05) is 80.4 Å². The Morgan fingerprint density at radius 2 is 1.20 bits per heavy atom. The number of hydrogen-bond acceptors (Lipinski definition) is 9. The van der Waals surface area contributed by atoms with Crippen LogP contribution < -0.4 is 26.6 Å². The Balaban J connectivity index is 5.55. The van der Waals surface area contributed by atoms with E-state index in [1.54, 1.807) is 20.8 Å². The first-order chi connectivity index (χ1) is 25.4. The van der Waals surface area contributed by atoms with Gasteiger partial charge in [0.25, 0.3) is 10.1 Å². The third-order valence-corrected chi connectivity index (χ3v) is 11.7. The molecular weight excluding hydrogens is 765 g/mol. The first-order valence-corrected chi connectivity index (χ1v) is 22.6. The molecule has 0 heterocycles. The quantitative estimate of drug-likeness (QED) is 0.0225. The van der Waals surface area contributed by atoms with Crippen LogP contribution in [-0.2, 0) is 34.1 Å². The Labute approximate surface area is 343 Å². The van der Waals surface area contributed by atoms with E-state index in [0.29, 0.717) is 94.1 Å². The number of nitrogens with one attached hydrogen (secondary N) is 5. The van der Waals surface area contributed by atoms with E-state index in [1.165, 1.54) is 6.92 Å². The molecular formula is C38H75N6O8S3+. The van der Waals surface area contributed by atoms with Crippen LogP contribution in [-0.4, -0.2) is 124 Å². The number of unbranched alkanes of at least 4 members (excludes halogenated alkanes) is 1. The van der Waals surface area contributed by atoms with Crippen molar-refractivity contribution in [1.82, 2.24) is 26.6 Å². The van der Waals surface area contributed by atoms with Crippen LogP contribution in [0, 0.1) is 16.2 Å². The second kappa shape index (κ2) is 26.0. The largest absolute Gasteiger partial charge is 0.356 e. The highest BCUT2D eigenvalue weighted by Gasteiger charge is 2.47. The standard InChI is InChI=1S/C38H74N6O8S3/c1-9-37(5,34(48)42-22-12-19-39-30(2)45)29-38(6,35(49)43-23-14-24-44(7,8)25-15-27-55(50,51)52)28-36(3,4)33(47)41-21-13-20-40-32(46)17-11-10-16-31(54)18-26-53/h31H,9-29H2,1-8H3,(H7-,39,40,41,42,43,45,46,47,48,49,50,51,52,53,54)/p+1. The van der Waals surface area contributed by atoms with Gasteiger partial charge in [-0.15, -0.1) is 0 Å². The topological polar surface area (TPSA) is 200 Å². The molecule has 17 heteroatoms. The lowest BCUT2D eigenvalue weighted by molar-refractivity contribution is -0.890. The Kier molecular flexibility index (Phi) is 25.0. The molecule has 0 fully saturated rings. The Morgan fingerprint density at radius 3 is 1.75 bits per heavy atom. The van der Waals surface area contributed by atoms with E-state index < -0.39 is 26.4 Å². The van der Waals surface area contributed by atoms with Gasteiger partial charge in [-0.05, 0) is 57.1 Å². The van der Waals surface area contributed by atoms with Gasteiger partial charge in [0.15, 0.2) is 0 Å². The number of hydrogen-bond donors (Lipinski definition) is 8. The SMILES string of the molecule is CCC(C)(CC(C)(CC(C)(C)C(=O)NCCCNC(=O)CCCCC(S)CCS)C(=O)NCCC[N+](C)(C)CCCS(=O)(=O)O)C(=O)NCCCNC(C)=O. The third kappa shape index (κ3) is 24.3. The fraction of sp³-hybridized carbons (Fsp3) is 0.868. The molecule has 3 atom stereocenters. The fourth-order valence-electron chi connectivity index (χ4n) is 6.79. The zero-order valence-electron chi connectivity index (χ0n) is 35.0. The molecule has 0 aromatic heterocycles. The predicted octanol–water partition coefficient (Wildman–Crippen LogP) is 3.52. The van der Waals surface area contributed by atoms with Gasteiger partial charge in [0.05, 0.1) is 32.9 Å². The molecule has 0 aromatic carbocycles. The van der Waals surface area contributed by atoms with Gasteiger partial charge in [-0.1, -0.05) is 41.0 Å². The average Bonchev–Trinajstić information content (AvgIpc) is 3.06. The van der Waals surface area contributed by atoms with Crippen molar-refractivity contribution in [2.45, 2.75) is 124 Å². The minimum atomic E-state index is -4.03. The summed E-state index contributed by atoms with van der Waals surface area (Å²) in [6.45, 7) is 13.6. The summed E-state index contributed by atoms with van der Waals surface area (Å²) in [5.74, 6) is -0.377. The number of rotatable bonds is 31. The van der Waals surface area contributed by atoms with Crippen LogP contribution in [0.15, 0.2) is 0 Å². The molecule has 0 bridgehead atoms. The predicted molar refractivity (Wildman–Crippen MR) is 227 cm³/mol. The van der Waals surface area contributed by atoms with Crippen LogP contribution in [0.1, 0.15) is 119 Å². The Hall–Kier alpha value is -2.08. The average molecular weight is 840 g/mol. The molecule has 0 aliphatic carbocycles. The third-order valence-electron chi connectivity index (χ3n) is 10.1. The molecule has 0 rings (SSSR count). The van der Waals surface area contributed by atoms with Gasteiger partial charge in [-0.25, -0.2) is 0 Å². The Morgan fingerprint density at radius 1 is 0.691 bits per heavy atom. The second-order valence-electron chi connectivity index (χ2n) is 16.8. The summed E-state index contributed by atoms with van der Waals surface area (Å²) in [6, 6.07) is 0. The monoisotopic (exact) mass is 839 g/mol. The smallest absolute Gasteiger partial charge is 0.265 e. The summed E-state index contributed by atoms with van der Waals surface area (Å²) in [5.41, 5.74) is -3.03. The molecule has 0 radical (unpaired) electrons. The summed E-state index contributed by atoms with van der Waals surface area (Å²) in [5, 5.41) is 14.9. The lowest BCUT2D eigenvalue weighted by atomic mass is 9.64. The zero-order valence-corrected chi connectivity index (χ0v) is 37.6. The molecule has 0 aromatic rings. The van der Waals surface area contributed by atoms with Crippen LogP contribution >= 0.6 is 25.3 Å². The van der Waals surface area contributed by atoms with E-state index in [9.17, 15) is 32.4 Å². The maximum absolute atomic E-state index is 14.1. The van der Waals surface area contributed by atoms with E-state index in [-0.39, 0.29) is 48.1 Å². The normalized spacial score (nSPS) is 14.9. The van der Waals surface area contributed by atoms with Crippen LogP contribution in [0.5, 0.6) is 0 Å². The summed E-state index contributed by atoms with van der Waals surface area (Å²) >= 11 is 8.76. The summed E-state index contributed by atoms with van der Waals surface area (Å²) in [7, 11) is -0.117. The number of nitrogens with zero attached hydrogens (tertiary/aromatic N) is 1. The van der Waals surface area contributed by atoms with Crippen molar-refractivity contribution < 1.29 is 41.4 Å². The van der Waals surface area contributed by atoms with Gasteiger partial charge in [-0.2, -0.15) is 33.7 Å². The van der Waals surface area contributed by atoms with E-state index in [0.717, 1.165) is 31.4 Å². The lowest BCUT2D eigenvalue weighted by Crippen LogP contribution is -2.51. The number of quaternary nitrogens is 1. The molecule has 0 aliphatic rings. The zero-order chi connectivity index (χ0) is 42.3. The molecule has 3 unspecified atom stereocenters. The number of carbonyl (C=O) groups excluding carboxylic acids is 5.